The predicted octanol–water partition coefficient (Wildman–Crippen LogP) is 3.75. The van der Waals surface area contributed by atoms with E-state index in [1.807, 2.05) is 19.1 Å². The second kappa shape index (κ2) is 11.7. The molecule has 2 aromatic carbocycles. The SMILES string of the molecule is CCNC(=NCc1ccc(F)cc1)NCCc1ccc(OC)cc1.I. The normalized spacial score (nSPS) is 10.8. The van der Waals surface area contributed by atoms with Crippen LogP contribution >= 0.6 is 24.0 Å². The number of aliphatic imine (C=N–C) groups is 1. The molecule has 0 aromatic heterocycles. The minimum atomic E-state index is -0.229. The van der Waals surface area contributed by atoms with Crippen molar-refractivity contribution in [3.63, 3.8) is 0 Å². The first-order chi connectivity index (χ1) is 11.7. The molecule has 0 aliphatic rings. The highest BCUT2D eigenvalue weighted by Crippen LogP contribution is 2.11. The summed E-state index contributed by atoms with van der Waals surface area (Å²) in [6.07, 6.45) is 0.894. The lowest BCUT2D eigenvalue weighted by atomic mass is 10.1. The van der Waals surface area contributed by atoms with Crippen LogP contribution in [0.25, 0.3) is 0 Å². The molecule has 136 valence electrons. The van der Waals surface area contributed by atoms with Gasteiger partial charge in [-0.1, -0.05) is 24.3 Å². The van der Waals surface area contributed by atoms with E-state index in [0.29, 0.717) is 6.54 Å². The molecule has 0 heterocycles. The molecule has 0 aliphatic carbocycles. The average molecular weight is 457 g/mol. The van der Waals surface area contributed by atoms with Crippen LogP contribution < -0.4 is 15.4 Å². The molecule has 0 saturated heterocycles. The molecule has 0 aliphatic heterocycles. The molecule has 2 rings (SSSR count). The molecule has 0 atom stereocenters. The fourth-order valence-electron chi connectivity index (χ4n) is 2.22. The number of ether oxygens (including phenoxy) is 1. The van der Waals surface area contributed by atoms with E-state index in [1.165, 1.54) is 17.7 Å². The first kappa shape index (κ1) is 21.2. The Morgan fingerprint density at radius 1 is 1.00 bits per heavy atom. The molecule has 25 heavy (non-hydrogen) atoms. The van der Waals surface area contributed by atoms with Gasteiger partial charge < -0.3 is 15.4 Å². The summed E-state index contributed by atoms with van der Waals surface area (Å²) in [6.45, 7) is 4.11. The van der Waals surface area contributed by atoms with Crippen molar-refractivity contribution < 1.29 is 9.13 Å². The second-order valence-electron chi connectivity index (χ2n) is 5.35. The summed E-state index contributed by atoms with van der Waals surface area (Å²) in [5, 5.41) is 6.53. The van der Waals surface area contributed by atoms with E-state index in [2.05, 4.69) is 27.8 Å². The maximum Gasteiger partial charge on any atom is 0.191 e. The maximum atomic E-state index is 12.9. The number of methoxy groups -OCH3 is 1. The first-order valence-electron chi connectivity index (χ1n) is 8.11. The highest BCUT2D eigenvalue weighted by Gasteiger charge is 1.99. The molecular weight excluding hydrogens is 432 g/mol. The van der Waals surface area contributed by atoms with Crippen molar-refractivity contribution in [3.8, 4) is 5.75 Å². The average Bonchev–Trinajstić information content (AvgIpc) is 2.61. The third-order valence-corrected chi connectivity index (χ3v) is 3.54. The topological polar surface area (TPSA) is 45.7 Å². The van der Waals surface area contributed by atoms with Gasteiger partial charge in [0.25, 0.3) is 0 Å². The molecule has 0 saturated carbocycles. The number of guanidine groups is 1. The zero-order chi connectivity index (χ0) is 17.2. The quantitative estimate of drug-likeness (QED) is 0.378. The van der Waals surface area contributed by atoms with Gasteiger partial charge in [0.15, 0.2) is 5.96 Å². The summed E-state index contributed by atoms with van der Waals surface area (Å²) >= 11 is 0. The number of nitrogens with zero attached hydrogens (tertiary/aromatic N) is 1. The Morgan fingerprint density at radius 2 is 1.64 bits per heavy atom. The highest BCUT2D eigenvalue weighted by molar-refractivity contribution is 14.0. The Morgan fingerprint density at radius 3 is 2.24 bits per heavy atom. The Labute approximate surface area is 165 Å². The standard InChI is InChI=1S/C19H24FN3O.HI/c1-3-21-19(23-14-16-4-8-17(20)9-5-16)22-13-12-15-6-10-18(24-2)11-7-15;/h4-11H,3,12-14H2,1-2H3,(H2,21,22,23);1H. The van der Waals surface area contributed by atoms with Crippen molar-refractivity contribution in [2.24, 2.45) is 4.99 Å². The first-order valence-corrected chi connectivity index (χ1v) is 8.11. The fraction of sp³-hybridized carbons (Fsp3) is 0.316. The molecule has 0 amide bonds. The number of hydrogen-bond donors (Lipinski definition) is 2. The lowest BCUT2D eigenvalue weighted by Gasteiger charge is -2.11. The van der Waals surface area contributed by atoms with Gasteiger partial charge in [0.1, 0.15) is 11.6 Å². The molecule has 2 aromatic rings. The third kappa shape index (κ3) is 7.72. The number of nitrogens with one attached hydrogen (secondary N) is 2. The summed E-state index contributed by atoms with van der Waals surface area (Å²) in [7, 11) is 1.66. The van der Waals surface area contributed by atoms with Gasteiger partial charge in [-0.05, 0) is 48.7 Å². The van der Waals surface area contributed by atoms with Crippen molar-refractivity contribution in [2.75, 3.05) is 20.2 Å². The zero-order valence-corrected chi connectivity index (χ0v) is 16.9. The van der Waals surface area contributed by atoms with Gasteiger partial charge in [-0.2, -0.15) is 0 Å². The summed E-state index contributed by atoms with van der Waals surface area (Å²) in [4.78, 5) is 4.52. The zero-order valence-electron chi connectivity index (χ0n) is 14.6. The molecule has 6 heteroatoms. The Balaban J connectivity index is 0.00000312. The molecule has 0 unspecified atom stereocenters. The smallest absolute Gasteiger partial charge is 0.191 e. The summed E-state index contributed by atoms with van der Waals surface area (Å²) in [6, 6.07) is 14.4. The van der Waals surface area contributed by atoms with Gasteiger partial charge in [0.2, 0.25) is 0 Å². The van der Waals surface area contributed by atoms with Crippen molar-refractivity contribution in [3.05, 3.63) is 65.5 Å². The highest BCUT2D eigenvalue weighted by atomic mass is 127. The minimum absolute atomic E-state index is 0. The minimum Gasteiger partial charge on any atom is -0.497 e. The molecular formula is C19H25FIN3O. The van der Waals surface area contributed by atoms with Crippen LogP contribution in [0.15, 0.2) is 53.5 Å². The van der Waals surface area contributed by atoms with E-state index in [0.717, 1.165) is 36.8 Å². The lowest BCUT2D eigenvalue weighted by molar-refractivity contribution is 0.414. The van der Waals surface area contributed by atoms with Crippen LogP contribution in [0.4, 0.5) is 4.39 Å². The van der Waals surface area contributed by atoms with Crippen LogP contribution in [-0.2, 0) is 13.0 Å². The van der Waals surface area contributed by atoms with E-state index in [9.17, 15) is 4.39 Å². The van der Waals surface area contributed by atoms with Gasteiger partial charge in [-0.25, -0.2) is 9.38 Å². The molecule has 4 nitrogen and oxygen atoms in total. The van der Waals surface area contributed by atoms with Gasteiger partial charge >= 0.3 is 0 Å². The van der Waals surface area contributed by atoms with Gasteiger partial charge in [-0.15, -0.1) is 24.0 Å². The number of rotatable bonds is 7. The van der Waals surface area contributed by atoms with Crippen molar-refractivity contribution >= 4 is 29.9 Å². The van der Waals surface area contributed by atoms with Gasteiger partial charge in [0, 0.05) is 13.1 Å². The Bertz CT molecular complexity index is 645. The molecule has 0 bridgehead atoms. The summed E-state index contributed by atoms with van der Waals surface area (Å²) in [5.74, 6) is 1.39. The van der Waals surface area contributed by atoms with E-state index < -0.39 is 0 Å². The molecule has 0 fully saturated rings. The maximum absolute atomic E-state index is 12.9. The van der Waals surface area contributed by atoms with E-state index >= 15 is 0 Å². The van der Waals surface area contributed by atoms with E-state index in [-0.39, 0.29) is 29.8 Å². The number of benzene rings is 2. The Kier molecular flexibility index (Phi) is 9.91. The van der Waals surface area contributed by atoms with E-state index in [1.54, 1.807) is 19.2 Å². The molecule has 0 spiro atoms. The number of halogens is 2. The number of hydrogen-bond acceptors (Lipinski definition) is 2. The molecule has 0 radical (unpaired) electrons. The van der Waals surface area contributed by atoms with Crippen LogP contribution in [0.2, 0.25) is 0 Å². The van der Waals surface area contributed by atoms with Crippen molar-refractivity contribution in [1.82, 2.24) is 10.6 Å². The van der Waals surface area contributed by atoms with Crippen LogP contribution in [-0.4, -0.2) is 26.2 Å². The van der Waals surface area contributed by atoms with Crippen LogP contribution in [0.3, 0.4) is 0 Å². The predicted molar refractivity (Wildman–Crippen MR) is 111 cm³/mol. The second-order valence-corrected chi connectivity index (χ2v) is 5.35. The summed E-state index contributed by atoms with van der Waals surface area (Å²) in [5.41, 5.74) is 2.21. The Hall–Kier alpha value is -1.83. The fourth-order valence-corrected chi connectivity index (χ4v) is 2.22. The summed E-state index contributed by atoms with van der Waals surface area (Å²) < 4.78 is 18.1. The third-order valence-electron chi connectivity index (χ3n) is 3.54. The monoisotopic (exact) mass is 457 g/mol. The van der Waals surface area contributed by atoms with E-state index in [4.69, 9.17) is 4.74 Å². The van der Waals surface area contributed by atoms with Crippen LogP contribution in [0.5, 0.6) is 5.75 Å². The van der Waals surface area contributed by atoms with Crippen LogP contribution in [0, 0.1) is 5.82 Å². The van der Waals surface area contributed by atoms with Crippen LogP contribution in [0.1, 0.15) is 18.1 Å². The largest absolute Gasteiger partial charge is 0.497 e. The molecule has 2 N–H and O–H groups in total. The van der Waals surface area contributed by atoms with Crippen molar-refractivity contribution in [1.29, 1.82) is 0 Å². The van der Waals surface area contributed by atoms with Gasteiger partial charge in [-0.3, -0.25) is 0 Å². The lowest BCUT2D eigenvalue weighted by Crippen LogP contribution is -2.38. The van der Waals surface area contributed by atoms with Gasteiger partial charge in [0.05, 0.1) is 13.7 Å². The van der Waals surface area contributed by atoms with Crippen molar-refractivity contribution in [2.45, 2.75) is 19.9 Å².